The van der Waals surface area contributed by atoms with Crippen molar-refractivity contribution in [1.29, 1.82) is 0 Å². The number of amides is 2. The highest BCUT2D eigenvalue weighted by atomic mass is 16.2. The molecule has 2 aliphatic heterocycles. The van der Waals surface area contributed by atoms with Crippen molar-refractivity contribution in [2.45, 2.75) is 70.6 Å². The van der Waals surface area contributed by atoms with Crippen LogP contribution in [-0.4, -0.2) is 57.4 Å². The minimum atomic E-state index is 0.108. The first-order valence-electron chi connectivity index (χ1n) is 12.6. The monoisotopic (exact) mass is 436 g/mol. The number of likely N-dealkylation sites (tertiary alicyclic amines) is 2. The zero-order valence-corrected chi connectivity index (χ0v) is 19.3. The van der Waals surface area contributed by atoms with Gasteiger partial charge in [0.2, 0.25) is 5.91 Å². The first-order chi connectivity index (χ1) is 15.6. The lowest BCUT2D eigenvalue weighted by molar-refractivity contribution is -0.133. The van der Waals surface area contributed by atoms with E-state index < -0.39 is 0 Å². The van der Waals surface area contributed by atoms with Crippen LogP contribution in [-0.2, 0) is 4.79 Å². The van der Waals surface area contributed by atoms with E-state index in [4.69, 9.17) is 0 Å². The molecular weight excluding hydrogens is 400 g/mol. The minimum absolute atomic E-state index is 0.108. The number of hydrogen-bond acceptors (Lipinski definition) is 3. The van der Waals surface area contributed by atoms with E-state index in [2.05, 4.69) is 29.1 Å². The molecule has 5 rings (SSSR count). The highest BCUT2D eigenvalue weighted by Gasteiger charge is 2.28. The Labute approximate surface area is 190 Å². The number of hydrogen-bond donors (Lipinski definition) is 0. The van der Waals surface area contributed by atoms with E-state index in [1.807, 2.05) is 15.6 Å². The van der Waals surface area contributed by atoms with Crippen LogP contribution in [0, 0.1) is 11.8 Å². The van der Waals surface area contributed by atoms with Crippen LogP contribution in [0.4, 0.5) is 0 Å². The Hall–Kier alpha value is -2.37. The predicted octanol–water partition coefficient (Wildman–Crippen LogP) is 4.49. The molecule has 3 fully saturated rings. The van der Waals surface area contributed by atoms with Gasteiger partial charge in [-0.05, 0) is 74.0 Å². The molecule has 0 radical (unpaired) electrons. The van der Waals surface area contributed by atoms with Crippen LogP contribution in [0.5, 0.6) is 0 Å². The number of nitrogens with zero attached hydrogens (tertiary/aromatic N) is 4. The summed E-state index contributed by atoms with van der Waals surface area (Å²) in [7, 11) is 0. The van der Waals surface area contributed by atoms with Gasteiger partial charge < -0.3 is 9.80 Å². The number of carbonyl (C=O) groups excluding carboxylic acids is 2. The molecule has 2 amide bonds. The van der Waals surface area contributed by atoms with Crippen molar-refractivity contribution >= 4 is 17.3 Å². The fourth-order valence-corrected chi connectivity index (χ4v) is 5.85. The van der Waals surface area contributed by atoms with Gasteiger partial charge in [0.1, 0.15) is 0 Å². The molecule has 1 saturated carbocycles. The second-order valence-corrected chi connectivity index (χ2v) is 10.3. The molecule has 0 bridgehead atoms. The van der Waals surface area contributed by atoms with E-state index in [0.717, 1.165) is 63.8 Å². The molecule has 1 aliphatic carbocycles. The van der Waals surface area contributed by atoms with E-state index >= 15 is 0 Å². The lowest BCUT2D eigenvalue weighted by Gasteiger charge is -2.33. The van der Waals surface area contributed by atoms with E-state index in [9.17, 15) is 9.59 Å². The topological polar surface area (TPSA) is 57.9 Å². The third-order valence-corrected chi connectivity index (χ3v) is 8.10. The quantitative estimate of drug-likeness (QED) is 0.709. The smallest absolute Gasteiger partial charge is 0.257 e. The van der Waals surface area contributed by atoms with E-state index in [0.29, 0.717) is 29.2 Å². The van der Waals surface area contributed by atoms with Crippen LogP contribution >= 0.6 is 0 Å². The third-order valence-electron chi connectivity index (χ3n) is 8.10. The molecule has 0 aromatic carbocycles. The number of rotatable bonds is 4. The molecule has 6 heteroatoms. The average Bonchev–Trinajstić information content (AvgIpc) is 3.48. The maximum absolute atomic E-state index is 13.2. The maximum Gasteiger partial charge on any atom is 0.257 e. The second kappa shape index (κ2) is 9.24. The van der Waals surface area contributed by atoms with Crippen LogP contribution in [0.15, 0.2) is 24.5 Å². The van der Waals surface area contributed by atoms with Gasteiger partial charge in [0.25, 0.3) is 5.91 Å². The first kappa shape index (κ1) is 21.5. The molecule has 2 aromatic rings. The second-order valence-electron chi connectivity index (χ2n) is 10.3. The first-order valence-corrected chi connectivity index (χ1v) is 12.6. The number of fused-ring (bicyclic) bond motifs is 1. The molecule has 0 spiro atoms. The van der Waals surface area contributed by atoms with Gasteiger partial charge >= 0.3 is 0 Å². The summed E-state index contributed by atoms with van der Waals surface area (Å²) in [5.41, 5.74) is 2.89. The van der Waals surface area contributed by atoms with Crippen molar-refractivity contribution in [1.82, 2.24) is 19.4 Å². The van der Waals surface area contributed by atoms with Crippen LogP contribution in [0.2, 0.25) is 0 Å². The van der Waals surface area contributed by atoms with Crippen LogP contribution in [0.3, 0.4) is 0 Å². The highest BCUT2D eigenvalue weighted by Crippen LogP contribution is 2.32. The largest absolute Gasteiger partial charge is 0.343 e. The summed E-state index contributed by atoms with van der Waals surface area (Å²) in [6, 6.07) is 4.30. The number of pyridine rings is 1. The van der Waals surface area contributed by atoms with Crippen molar-refractivity contribution < 1.29 is 9.59 Å². The van der Waals surface area contributed by atoms with Gasteiger partial charge in [-0.3, -0.25) is 9.59 Å². The van der Waals surface area contributed by atoms with Crippen molar-refractivity contribution in [3.05, 3.63) is 35.7 Å². The summed E-state index contributed by atoms with van der Waals surface area (Å²) in [5.74, 6) is 2.21. The summed E-state index contributed by atoms with van der Waals surface area (Å²) in [4.78, 5) is 29.9. The Morgan fingerprint density at radius 3 is 2.38 bits per heavy atom. The molecule has 0 atom stereocenters. The molecule has 0 N–H and O–H groups in total. The summed E-state index contributed by atoms with van der Waals surface area (Å²) in [6.45, 7) is 5.63. The molecule has 32 heavy (non-hydrogen) atoms. The fourth-order valence-electron chi connectivity index (χ4n) is 5.85. The minimum Gasteiger partial charge on any atom is -0.343 e. The van der Waals surface area contributed by atoms with Crippen LogP contribution in [0.1, 0.15) is 86.6 Å². The van der Waals surface area contributed by atoms with Gasteiger partial charge in [-0.15, -0.1) is 0 Å². The standard InChI is InChI=1S/C26H36N4O2/c1-19-6-11-29(12-7-19)26(32)23-18-27-30-15-10-22(17-24(23)30)21-8-13-28(14-9-21)25(31)16-20-4-2-3-5-20/h10,15,17-21H,2-9,11-14,16H2,1H3. The normalized spacial score (nSPS) is 21.5. The lowest BCUT2D eigenvalue weighted by atomic mass is 9.89. The zero-order valence-electron chi connectivity index (χ0n) is 19.3. The highest BCUT2D eigenvalue weighted by molar-refractivity contribution is 6.00. The van der Waals surface area contributed by atoms with Gasteiger partial charge in [0.05, 0.1) is 17.3 Å². The molecule has 2 aromatic heterocycles. The Bertz CT molecular complexity index is 961. The Balaban J connectivity index is 1.25. The Morgan fingerprint density at radius 1 is 0.969 bits per heavy atom. The maximum atomic E-state index is 13.2. The molecule has 172 valence electrons. The van der Waals surface area contributed by atoms with Crippen molar-refractivity contribution in [2.24, 2.45) is 11.8 Å². The van der Waals surface area contributed by atoms with E-state index in [-0.39, 0.29) is 5.91 Å². The fraction of sp³-hybridized carbons (Fsp3) is 0.654. The average molecular weight is 437 g/mol. The Kier molecular flexibility index (Phi) is 6.20. The summed E-state index contributed by atoms with van der Waals surface area (Å²) >= 11 is 0. The molecule has 6 nitrogen and oxygen atoms in total. The number of aromatic nitrogens is 2. The van der Waals surface area contributed by atoms with Gasteiger partial charge in [-0.1, -0.05) is 19.8 Å². The molecule has 2 saturated heterocycles. The van der Waals surface area contributed by atoms with Crippen LogP contribution in [0.25, 0.3) is 5.52 Å². The molecule has 3 aliphatic rings. The van der Waals surface area contributed by atoms with Crippen LogP contribution < -0.4 is 0 Å². The summed E-state index contributed by atoms with van der Waals surface area (Å²) < 4.78 is 1.82. The van der Waals surface area contributed by atoms with Gasteiger partial charge in [0, 0.05) is 38.8 Å². The van der Waals surface area contributed by atoms with E-state index in [1.54, 1.807) is 6.20 Å². The van der Waals surface area contributed by atoms with Crippen molar-refractivity contribution in [3.63, 3.8) is 0 Å². The Morgan fingerprint density at radius 2 is 1.66 bits per heavy atom. The third kappa shape index (κ3) is 4.41. The van der Waals surface area contributed by atoms with Crippen molar-refractivity contribution in [3.8, 4) is 0 Å². The zero-order chi connectivity index (χ0) is 22.1. The molecule has 4 heterocycles. The van der Waals surface area contributed by atoms with E-state index in [1.165, 1.54) is 31.2 Å². The number of piperidine rings is 2. The lowest BCUT2D eigenvalue weighted by Crippen LogP contribution is -2.38. The van der Waals surface area contributed by atoms with Crippen molar-refractivity contribution in [2.75, 3.05) is 26.2 Å². The molecular formula is C26H36N4O2. The van der Waals surface area contributed by atoms with Gasteiger partial charge in [0.15, 0.2) is 0 Å². The molecule has 0 unspecified atom stereocenters. The summed E-state index contributed by atoms with van der Waals surface area (Å²) in [5, 5.41) is 4.44. The van der Waals surface area contributed by atoms with Gasteiger partial charge in [-0.25, -0.2) is 4.52 Å². The van der Waals surface area contributed by atoms with Gasteiger partial charge in [-0.2, -0.15) is 5.10 Å². The SMILES string of the molecule is CC1CCN(C(=O)c2cnn3ccc(C4CCN(C(=O)CC5CCCC5)CC4)cc23)CC1. The number of carbonyl (C=O) groups is 2. The summed E-state index contributed by atoms with van der Waals surface area (Å²) in [6.07, 6.45) is 13.6. The predicted molar refractivity (Wildman–Crippen MR) is 125 cm³/mol.